The Kier molecular flexibility index (Phi) is 7.70. The Morgan fingerprint density at radius 1 is 0.523 bits per heavy atom. The minimum absolute atomic E-state index is 0. The van der Waals surface area contributed by atoms with Crippen LogP contribution in [-0.4, -0.2) is 23.2 Å². The van der Waals surface area contributed by atoms with Gasteiger partial charge in [0, 0.05) is 20.1 Å². The Labute approximate surface area is 274 Å². The Balaban J connectivity index is 0.00000312. The molecule has 1 radical (unpaired) electrons. The van der Waals surface area contributed by atoms with Crippen molar-refractivity contribution in [3.05, 3.63) is 170 Å². The number of pyridine rings is 2. The number of nitrogens with zero attached hydrogens (tertiary/aromatic N) is 2. The summed E-state index contributed by atoms with van der Waals surface area (Å²) in [5.41, 5.74) is 8.77. The molecular formula is C40H27GeIrN2-. The Morgan fingerprint density at radius 2 is 1.05 bits per heavy atom. The summed E-state index contributed by atoms with van der Waals surface area (Å²) in [4.78, 5) is 10.7. The maximum absolute atomic E-state index is 5.73. The Morgan fingerprint density at radius 3 is 1.59 bits per heavy atom. The molecule has 0 amide bonds. The fraction of sp³-hybridized carbons (Fsp3) is 0. The molecule has 5 aromatic carbocycles. The van der Waals surface area contributed by atoms with Gasteiger partial charge in [0.05, 0.1) is 0 Å². The molecule has 0 bridgehead atoms. The van der Waals surface area contributed by atoms with Crippen molar-refractivity contribution < 1.29 is 20.1 Å². The molecule has 0 aliphatic carbocycles. The maximum atomic E-state index is 5.73. The number of rotatable bonds is 5. The zero-order valence-corrected chi connectivity index (χ0v) is 28.3. The molecular weight excluding hydrogens is 773 g/mol. The molecule has 3 heterocycles. The van der Waals surface area contributed by atoms with Crippen LogP contribution in [-0.2, 0) is 20.1 Å². The van der Waals surface area contributed by atoms with E-state index >= 15 is 0 Å². The van der Waals surface area contributed by atoms with Crippen LogP contribution in [0, 0.1) is 6.07 Å². The molecule has 4 heteroatoms. The number of fused-ring (bicyclic) bond motifs is 3. The van der Waals surface area contributed by atoms with Crippen LogP contribution in [0.25, 0.3) is 44.8 Å². The van der Waals surface area contributed by atoms with Crippen molar-refractivity contribution in [1.82, 2.24) is 9.97 Å². The molecule has 0 fully saturated rings. The van der Waals surface area contributed by atoms with E-state index in [9.17, 15) is 0 Å². The summed E-state index contributed by atoms with van der Waals surface area (Å²) < 4.78 is 5.15. The van der Waals surface area contributed by atoms with Gasteiger partial charge in [0.2, 0.25) is 0 Å². The van der Waals surface area contributed by atoms with Gasteiger partial charge >= 0.3 is 256 Å². The second-order valence-electron chi connectivity index (χ2n) is 10.9. The summed E-state index contributed by atoms with van der Waals surface area (Å²) in [6.45, 7) is 0. The molecule has 2 aromatic heterocycles. The molecule has 0 spiro atoms. The van der Waals surface area contributed by atoms with Crippen LogP contribution in [0.4, 0.5) is 0 Å². The Hall–Kier alpha value is -4.41. The minimum atomic E-state index is -3.54. The van der Waals surface area contributed by atoms with Gasteiger partial charge in [-0.25, -0.2) is 0 Å². The molecule has 1 aliphatic rings. The monoisotopic (exact) mass is 802 g/mol. The zero-order valence-electron chi connectivity index (χ0n) is 23.8. The quantitative estimate of drug-likeness (QED) is 0.144. The molecule has 0 unspecified atom stereocenters. The molecule has 0 saturated carbocycles. The summed E-state index contributed by atoms with van der Waals surface area (Å²) in [7, 11) is 0. The predicted octanol–water partition coefficient (Wildman–Crippen LogP) is 6.63. The second kappa shape index (κ2) is 11.9. The second-order valence-corrected chi connectivity index (χ2v) is 18.5. The molecule has 0 N–H and O–H groups in total. The van der Waals surface area contributed by atoms with Gasteiger partial charge in [-0.05, 0) is 0 Å². The fourth-order valence-corrected chi connectivity index (χ4v) is 17.0. The van der Waals surface area contributed by atoms with E-state index in [4.69, 9.17) is 9.97 Å². The molecule has 7 aromatic rings. The van der Waals surface area contributed by atoms with Crippen LogP contribution < -0.4 is 17.7 Å². The number of benzene rings is 5. The van der Waals surface area contributed by atoms with Crippen molar-refractivity contribution in [3.63, 3.8) is 0 Å². The van der Waals surface area contributed by atoms with Gasteiger partial charge in [-0.1, -0.05) is 0 Å². The normalized spacial score (nSPS) is 12.5. The average Bonchev–Trinajstić information content (AvgIpc) is 3.40. The molecule has 0 saturated heterocycles. The van der Waals surface area contributed by atoms with E-state index in [-0.39, 0.29) is 20.1 Å². The van der Waals surface area contributed by atoms with E-state index < -0.39 is 13.3 Å². The zero-order chi connectivity index (χ0) is 28.6. The van der Waals surface area contributed by atoms with Crippen LogP contribution in [0.15, 0.2) is 164 Å². The van der Waals surface area contributed by atoms with Gasteiger partial charge in [-0.3, -0.25) is 0 Å². The van der Waals surface area contributed by atoms with Gasteiger partial charge < -0.3 is 0 Å². The van der Waals surface area contributed by atoms with Crippen LogP contribution in [0.5, 0.6) is 0 Å². The first kappa shape index (κ1) is 28.4. The topological polar surface area (TPSA) is 25.8 Å². The number of hydrogen-bond donors (Lipinski definition) is 0. The first-order valence-electron chi connectivity index (χ1n) is 14.6. The number of aromatic nitrogens is 2. The van der Waals surface area contributed by atoms with Crippen molar-refractivity contribution in [2.24, 2.45) is 0 Å². The fourth-order valence-electron chi connectivity index (χ4n) is 6.70. The van der Waals surface area contributed by atoms with E-state index in [2.05, 4.69) is 164 Å². The van der Waals surface area contributed by atoms with E-state index in [0.717, 1.165) is 38.2 Å². The van der Waals surface area contributed by atoms with Crippen molar-refractivity contribution in [1.29, 1.82) is 0 Å². The van der Waals surface area contributed by atoms with E-state index in [0.29, 0.717) is 0 Å². The molecule has 8 rings (SSSR count). The first-order chi connectivity index (χ1) is 21.4. The molecule has 0 atom stereocenters. The first-order valence-corrected chi connectivity index (χ1v) is 18.8. The third-order valence-corrected chi connectivity index (χ3v) is 18.4. The van der Waals surface area contributed by atoms with Crippen LogP contribution in [0.1, 0.15) is 0 Å². The average molecular weight is 800 g/mol. The third kappa shape index (κ3) is 4.51. The van der Waals surface area contributed by atoms with Gasteiger partial charge in [0.25, 0.3) is 0 Å². The van der Waals surface area contributed by atoms with E-state index in [1.807, 2.05) is 6.20 Å². The van der Waals surface area contributed by atoms with Crippen LogP contribution >= 0.6 is 0 Å². The molecule has 211 valence electrons. The van der Waals surface area contributed by atoms with E-state index in [1.54, 1.807) is 0 Å². The molecule has 1 aliphatic heterocycles. The van der Waals surface area contributed by atoms with Crippen molar-refractivity contribution >= 4 is 31.0 Å². The third-order valence-electron chi connectivity index (χ3n) is 8.53. The standard InChI is InChI=1S/C40H27GeN2.Ir/c1-5-15-29(16-6-1)33-23-13-24-34(30-17-7-2-8-18-30)38(33)37-27-26-35-39-36(25-14-28-42-39)41(40(35)43-37,31-19-9-3-10-20-31)32-21-11-4-12-22-32;/h1-25,27-28H;/q-1;. The Bertz CT molecular complexity index is 1970. The van der Waals surface area contributed by atoms with Gasteiger partial charge in [0.15, 0.2) is 0 Å². The van der Waals surface area contributed by atoms with Crippen LogP contribution in [0.3, 0.4) is 0 Å². The molecule has 44 heavy (non-hydrogen) atoms. The van der Waals surface area contributed by atoms with Crippen LogP contribution in [0.2, 0.25) is 0 Å². The van der Waals surface area contributed by atoms with Crippen molar-refractivity contribution in [2.45, 2.75) is 0 Å². The molecule has 2 nitrogen and oxygen atoms in total. The summed E-state index contributed by atoms with van der Waals surface area (Å²) in [6.07, 6.45) is 1.90. The summed E-state index contributed by atoms with van der Waals surface area (Å²) in [5.74, 6) is 0. The summed E-state index contributed by atoms with van der Waals surface area (Å²) in [5, 5.41) is 0. The van der Waals surface area contributed by atoms with Crippen molar-refractivity contribution in [3.8, 4) is 44.8 Å². The SMILES string of the molecule is [Ir].[c-]1cc(-c2c(-c3ccccc3)cccc2-c2ccccc2)n[c]2c1-c1nccc[c]1[Ge]2([c]1ccccc1)[c]1ccccc1. The van der Waals surface area contributed by atoms with E-state index in [1.165, 1.54) is 24.3 Å². The van der Waals surface area contributed by atoms with Gasteiger partial charge in [-0.15, -0.1) is 0 Å². The summed E-state index contributed by atoms with van der Waals surface area (Å²) in [6, 6.07) is 60.0. The van der Waals surface area contributed by atoms with Gasteiger partial charge in [-0.2, -0.15) is 0 Å². The number of hydrogen-bond acceptors (Lipinski definition) is 2. The van der Waals surface area contributed by atoms with Crippen molar-refractivity contribution in [2.75, 3.05) is 0 Å². The predicted molar refractivity (Wildman–Crippen MR) is 180 cm³/mol. The van der Waals surface area contributed by atoms with Gasteiger partial charge in [0.1, 0.15) is 0 Å². The summed E-state index contributed by atoms with van der Waals surface area (Å²) >= 11 is -3.54.